The zero-order valence-corrected chi connectivity index (χ0v) is 14.0. The maximum atomic E-state index is 11.1. The van der Waals surface area contributed by atoms with E-state index in [4.69, 9.17) is 11.6 Å². The molecule has 0 bridgehead atoms. The maximum absolute atomic E-state index is 11.1. The highest BCUT2D eigenvalue weighted by Crippen LogP contribution is 2.34. The fourth-order valence-electron chi connectivity index (χ4n) is 2.51. The highest BCUT2D eigenvalue weighted by molar-refractivity contribution is 7.99. The Kier molecular flexibility index (Phi) is 6.87. The lowest BCUT2D eigenvalue weighted by Gasteiger charge is -2.13. The molecule has 0 atom stereocenters. The van der Waals surface area contributed by atoms with Crippen molar-refractivity contribution < 1.29 is 9.53 Å². The van der Waals surface area contributed by atoms with Gasteiger partial charge >= 0.3 is 5.97 Å². The van der Waals surface area contributed by atoms with Gasteiger partial charge in [0, 0.05) is 11.3 Å². The molecule has 0 saturated carbocycles. The zero-order chi connectivity index (χ0) is 15.1. The van der Waals surface area contributed by atoms with Crippen molar-refractivity contribution >= 4 is 29.3 Å². The number of carbonyl (C=O) groups excluding carboxylic acids is 1. The van der Waals surface area contributed by atoms with Crippen molar-refractivity contribution in [1.82, 2.24) is 5.32 Å². The molecule has 0 unspecified atom stereocenters. The Balaban J connectivity index is 1.92. The lowest BCUT2D eigenvalue weighted by Crippen LogP contribution is -2.16. The number of carbonyl (C=O) groups is 1. The van der Waals surface area contributed by atoms with E-state index in [1.54, 1.807) is 0 Å². The van der Waals surface area contributed by atoms with Gasteiger partial charge in [-0.05, 0) is 61.7 Å². The number of thioether (sulfide) groups is 1. The summed E-state index contributed by atoms with van der Waals surface area (Å²) in [6.45, 7) is 2.06. The van der Waals surface area contributed by atoms with Crippen LogP contribution in [-0.4, -0.2) is 31.9 Å². The monoisotopic (exact) mass is 327 g/mol. The second kappa shape index (κ2) is 8.66. The number of methoxy groups -OCH3 is 1. The van der Waals surface area contributed by atoms with E-state index in [0.717, 1.165) is 49.5 Å². The van der Waals surface area contributed by atoms with Crippen LogP contribution < -0.4 is 5.32 Å². The highest BCUT2D eigenvalue weighted by atomic mass is 35.5. The number of rotatable bonds is 6. The quantitative estimate of drug-likeness (QED) is 0.493. The standard InChI is InChI=1S/C16H22ClNO2S/c1-20-15(19)4-2-3-11-21-16-13-8-10-18-9-7-12(13)5-6-14(16)17/h5-6,18H,2-4,7-11H2,1H3. The summed E-state index contributed by atoms with van der Waals surface area (Å²) in [7, 11) is 1.43. The molecular weight excluding hydrogens is 306 g/mol. The fraction of sp³-hybridized carbons (Fsp3) is 0.562. The van der Waals surface area contributed by atoms with Crippen LogP contribution in [0.4, 0.5) is 0 Å². The molecule has 21 heavy (non-hydrogen) atoms. The van der Waals surface area contributed by atoms with Crippen LogP contribution in [0.5, 0.6) is 0 Å². The van der Waals surface area contributed by atoms with Gasteiger partial charge in [-0.25, -0.2) is 0 Å². The molecule has 1 aliphatic heterocycles. The first kappa shape index (κ1) is 16.7. The molecule has 0 aromatic heterocycles. The maximum Gasteiger partial charge on any atom is 0.305 e. The van der Waals surface area contributed by atoms with E-state index in [9.17, 15) is 4.79 Å². The van der Waals surface area contributed by atoms with Crippen molar-refractivity contribution in [3.63, 3.8) is 0 Å². The summed E-state index contributed by atoms with van der Waals surface area (Å²) >= 11 is 8.20. The van der Waals surface area contributed by atoms with E-state index in [-0.39, 0.29) is 5.97 Å². The van der Waals surface area contributed by atoms with E-state index in [2.05, 4.69) is 16.1 Å². The molecule has 1 N–H and O–H groups in total. The molecule has 116 valence electrons. The number of benzene rings is 1. The van der Waals surface area contributed by atoms with Crippen LogP contribution in [0.2, 0.25) is 5.02 Å². The fourth-order valence-corrected chi connectivity index (χ4v) is 4.02. The van der Waals surface area contributed by atoms with Crippen molar-refractivity contribution in [2.24, 2.45) is 0 Å². The molecule has 0 radical (unpaired) electrons. The lowest BCUT2D eigenvalue weighted by atomic mass is 10.0. The molecule has 0 aliphatic carbocycles. The van der Waals surface area contributed by atoms with Crippen molar-refractivity contribution in [2.45, 2.75) is 37.0 Å². The first-order chi connectivity index (χ1) is 10.2. The number of fused-ring (bicyclic) bond motifs is 1. The number of nitrogens with one attached hydrogen (secondary N) is 1. The van der Waals surface area contributed by atoms with Crippen molar-refractivity contribution in [1.29, 1.82) is 0 Å². The van der Waals surface area contributed by atoms with Gasteiger partial charge in [-0.1, -0.05) is 17.7 Å². The van der Waals surface area contributed by atoms with Gasteiger partial charge < -0.3 is 10.1 Å². The van der Waals surface area contributed by atoms with E-state index < -0.39 is 0 Å². The molecule has 3 nitrogen and oxygen atoms in total. The average Bonchev–Trinajstić information content (AvgIpc) is 2.74. The minimum absolute atomic E-state index is 0.127. The summed E-state index contributed by atoms with van der Waals surface area (Å²) in [5.74, 6) is 0.860. The molecule has 0 fully saturated rings. The zero-order valence-electron chi connectivity index (χ0n) is 12.4. The summed E-state index contributed by atoms with van der Waals surface area (Å²) in [5.41, 5.74) is 2.83. The molecule has 1 aliphatic rings. The van der Waals surface area contributed by atoms with Crippen LogP contribution in [-0.2, 0) is 22.4 Å². The average molecular weight is 328 g/mol. The van der Waals surface area contributed by atoms with Gasteiger partial charge in [-0.15, -0.1) is 11.8 Å². The predicted octanol–water partition coefficient (Wildman–Crippen LogP) is 3.46. The van der Waals surface area contributed by atoms with Crippen LogP contribution in [0.1, 0.15) is 30.4 Å². The third kappa shape index (κ3) is 4.90. The van der Waals surface area contributed by atoms with E-state index in [0.29, 0.717) is 6.42 Å². The van der Waals surface area contributed by atoms with Gasteiger partial charge in [0.1, 0.15) is 0 Å². The lowest BCUT2D eigenvalue weighted by molar-refractivity contribution is -0.140. The Morgan fingerprint density at radius 2 is 2.14 bits per heavy atom. The first-order valence-corrected chi connectivity index (χ1v) is 8.79. The van der Waals surface area contributed by atoms with Gasteiger partial charge in [0.25, 0.3) is 0 Å². The van der Waals surface area contributed by atoms with Crippen LogP contribution >= 0.6 is 23.4 Å². The molecular formula is C16H22ClNO2S. The second-order valence-electron chi connectivity index (χ2n) is 5.15. The molecule has 5 heteroatoms. The van der Waals surface area contributed by atoms with Gasteiger partial charge in [-0.3, -0.25) is 4.79 Å². The van der Waals surface area contributed by atoms with Crippen molar-refractivity contribution in [3.8, 4) is 0 Å². The topological polar surface area (TPSA) is 38.3 Å². The predicted molar refractivity (Wildman–Crippen MR) is 88.3 cm³/mol. The summed E-state index contributed by atoms with van der Waals surface area (Å²) < 4.78 is 4.65. The van der Waals surface area contributed by atoms with Gasteiger partial charge in [-0.2, -0.15) is 0 Å². The smallest absolute Gasteiger partial charge is 0.305 e. The van der Waals surface area contributed by atoms with Crippen LogP contribution in [0.15, 0.2) is 17.0 Å². The Morgan fingerprint density at radius 3 is 2.95 bits per heavy atom. The second-order valence-corrected chi connectivity index (χ2v) is 6.66. The Morgan fingerprint density at radius 1 is 1.33 bits per heavy atom. The number of ether oxygens (including phenoxy) is 1. The molecule has 1 heterocycles. The van der Waals surface area contributed by atoms with Crippen LogP contribution in [0.25, 0.3) is 0 Å². The minimum Gasteiger partial charge on any atom is -0.469 e. The SMILES string of the molecule is COC(=O)CCCCSc1c(Cl)ccc2c1CCNCC2. The van der Waals surface area contributed by atoms with Crippen LogP contribution in [0.3, 0.4) is 0 Å². The third-order valence-electron chi connectivity index (χ3n) is 3.68. The van der Waals surface area contributed by atoms with Crippen molar-refractivity contribution in [2.75, 3.05) is 26.0 Å². The molecule has 1 aromatic carbocycles. The number of hydrogen-bond acceptors (Lipinski definition) is 4. The van der Waals surface area contributed by atoms with Gasteiger partial charge in [0.05, 0.1) is 12.1 Å². The van der Waals surface area contributed by atoms with Gasteiger partial charge in [0.15, 0.2) is 0 Å². The number of halogens is 1. The summed E-state index contributed by atoms with van der Waals surface area (Å²) in [6.07, 6.45) is 4.48. The Bertz CT molecular complexity index is 493. The number of unbranched alkanes of at least 4 members (excludes halogenated alkanes) is 1. The van der Waals surface area contributed by atoms with Crippen LogP contribution in [0, 0.1) is 0 Å². The Hall–Kier alpha value is -0.710. The Labute approximate surface area is 135 Å². The highest BCUT2D eigenvalue weighted by Gasteiger charge is 2.15. The minimum atomic E-state index is -0.127. The molecule has 0 spiro atoms. The first-order valence-electron chi connectivity index (χ1n) is 7.43. The molecule has 0 amide bonds. The van der Waals surface area contributed by atoms with E-state index in [1.165, 1.54) is 23.1 Å². The number of hydrogen-bond donors (Lipinski definition) is 1. The summed E-state index contributed by atoms with van der Waals surface area (Å²) in [5, 5.41) is 4.29. The molecule has 0 saturated heterocycles. The summed E-state index contributed by atoms with van der Waals surface area (Å²) in [6, 6.07) is 4.18. The van der Waals surface area contributed by atoms with E-state index >= 15 is 0 Å². The summed E-state index contributed by atoms with van der Waals surface area (Å²) in [4.78, 5) is 12.3. The molecule has 2 rings (SSSR count). The van der Waals surface area contributed by atoms with E-state index in [1.807, 2.05) is 17.8 Å². The third-order valence-corrected chi connectivity index (χ3v) is 5.36. The number of esters is 1. The van der Waals surface area contributed by atoms with Gasteiger partial charge in [0.2, 0.25) is 0 Å². The largest absolute Gasteiger partial charge is 0.469 e. The van der Waals surface area contributed by atoms with Crippen molar-refractivity contribution in [3.05, 3.63) is 28.3 Å². The normalized spacial score (nSPS) is 14.4. The molecule has 1 aromatic rings.